The molecule has 0 bridgehead atoms. The van der Waals surface area contributed by atoms with Gasteiger partial charge < -0.3 is 4.57 Å². The largest absolute Gasteiger partial charge is 0.345 e. The smallest absolute Gasteiger partial charge is 0.0496 e. The van der Waals surface area contributed by atoms with Gasteiger partial charge >= 0.3 is 0 Å². The number of aromatic nitrogens is 1. The van der Waals surface area contributed by atoms with Gasteiger partial charge in [-0.15, -0.1) is 0 Å². The number of benzene rings is 1. The van der Waals surface area contributed by atoms with Gasteiger partial charge in [0.1, 0.15) is 0 Å². The van der Waals surface area contributed by atoms with Gasteiger partial charge in [-0.05, 0) is 38.5 Å². The minimum atomic E-state index is 0.514. The lowest BCUT2D eigenvalue weighted by molar-refractivity contribution is 0.622. The van der Waals surface area contributed by atoms with E-state index in [-0.39, 0.29) is 0 Å². The van der Waals surface area contributed by atoms with Crippen LogP contribution < -0.4 is 0 Å². The fourth-order valence-corrected chi connectivity index (χ4v) is 2.18. The third-order valence-electron chi connectivity index (χ3n) is 2.55. The van der Waals surface area contributed by atoms with Crippen LogP contribution in [0.1, 0.15) is 25.5 Å². The zero-order chi connectivity index (χ0) is 10.3. The first-order valence-electron chi connectivity index (χ1n) is 4.86. The maximum Gasteiger partial charge on any atom is 0.0496 e. The summed E-state index contributed by atoms with van der Waals surface area (Å²) in [4.78, 5) is 0. The van der Waals surface area contributed by atoms with Crippen molar-refractivity contribution >= 4 is 26.8 Å². The highest BCUT2D eigenvalue weighted by Gasteiger charge is 2.07. The van der Waals surface area contributed by atoms with Crippen LogP contribution in [0.3, 0.4) is 0 Å². The molecule has 0 aliphatic rings. The molecule has 0 unspecified atom stereocenters. The minimum Gasteiger partial charge on any atom is -0.345 e. The summed E-state index contributed by atoms with van der Waals surface area (Å²) in [5.41, 5.74) is 2.66. The lowest BCUT2D eigenvalue weighted by atomic mass is 10.2. The van der Waals surface area contributed by atoms with Crippen LogP contribution in [0, 0.1) is 6.92 Å². The second-order valence-corrected chi connectivity index (χ2v) is 4.89. The van der Waals surface area contributed by atoms with Crippen LogP contribution in [-0.4, -0.2) is 4.57 Å². The van der Waals surface area contributed by atoms with Gasteiger partial charge in [0.2, 0.25) is 0 Å². The average molecular weight is 252 g/mol. The molecule has 2 rings (SSSR count). The second kappa shape index (κ2) is 3.43. The highest BCUT2D eigenvalue weighted by Crippen LogP contribution is 2.26. The first-order valence-corrected chi connectivity index (χ1v) is 5.65. The van der Waals surface area contributed by atoms with Crippen molar-refractivity contribution < 1.29 is 0 Å². The Bertz CT molecular complexity index is 468. The van der Waals surface area contributed by atoms with E-state index >= 15 is 0 Å². The number of fused-ring (bicyclic) bond motifs is 1. The first-order chi connectivity index (χ1) is 6.59. The fourth-order valence-electron chi connectivity index (χ4n) is 1.83. The molecule has 2 aromatic rings. The zero-order valence-electron chi connectivity index (χ0n) is 8.71. The molecule has 1 nitrogen and oxygen atoms in total. The van der Waals surface area contributed by atoms with Crippen molar-refractivity contribution in [3.8, 4) is 0 Å². The number of hydrogen-bond acceptors (Lipinski definition) is 0. The van der Waals surface area contributed by atoms with Crippen molar-refractivity contribution in [3.63, 3.8) is 0 Å². The van der Waals surface area contributed by atoms with E-state index in [0.29, 0.717) is 6.04 Å². The topological polar surface area (TPSA) is 4.93 Å². The predicted molar refractivity (Wildman–Crippen MR) is 64.8 cm³/mol. The predicted octanol–water partition coefficient (Wildman–Crippen LogP) is 4.29. The summed E-state index contributed by atoms with van der Waals surface area (Å²) in [6.07, 6.45) is 2.22. The van der Waals surface area contributed by atoms with E-state index in [9.17, 15) is 0 Å². The van der Waals surface area contributed by atoms with E-state index < -0.39 is 0 Å². The third-order valence-corrected chi connectivity index (χ3v) is 3.05. The zero-order valence-corrected chi connectivity index (χ0v) is 10.3. The first kappa shape index (κ1) is 9.78. The molecule has 0 fully saturated rings. The van der Waals surface area contributed by atoms with Crippen molar-refractivity contribution in [1.82, 2.24) is 4.57 Å². The maximum absolute atomic E-state index is 3.51. The van der Waals surface area contributed by atoms with Crippen molar-refractivity contribution in [3.05, 3.63) is 34.4 Å². The molecular formula is C12H14BrN. The number of halogens is 1. The Balaban J connectivity index is 2.79. The van der Waals surface area contributed by atoms with Gasteiger partial charge in [-0.1, -0.05) is 22.0 Å². The molecule has 0 aliphatic carbocycles. The van der Waals surface area contributed by atoms with Crippen LogP contribution in [0.2, 0.25) is 0 Å². The van der Waals surface area contributed by atoms with Gasteiger partial charge in [0.05, 0.1) is 0 Å². The van der Waals surface area contributed by atoms with E-state index in [0.717, 1.165) is 4.47 Å². The number of rotatable bonds is 1. The highest BCUT2D eigenvalue weighted by atomic mass is 79.9. The standard InChI is InChI=1S/C12H14BrN/c1-8(2)14-7-9(3)11-5-4-10(13)6-12(11)14/h4-8H,1-3H3. The van der Waals surface area contributed by atoms with E-state index in [2.05, 4.69) is 65.7 Å². The fraction of sp³-hybridized carbons (Fsp3) is 0.333. The Morgan fingerprint density at radius 2 is 2.00 bits per heavy atom. The summed E-state index contributed by atoms with van der Waals surface area (Å²) in [6.45, 7) is 6.58. The minimum absolute atomic E-state index is 0.514. The lowest BCUT2D eigenvalue weighted by Crippen LogP contribution is -1.97. The second-order valence-electron chi connectivity index (χ2n) is 3.97. The Morgan fingerprint density at radius 1 is 1.29 bits per heavy atom. The van der Waals surface area contributed by atoms with E-state index in [4.69, 9.17) is 0 Å². The molecule has 0 radical (unpaired) electrons. The molecule has 0 N–H and O–H groups in total. The normalized spacial score (nSPS) is 11.5. The van der Waals surface area contributed by atoms with Crippen LogP contribution in [0.5, 0.6) is 0 Å². The van der Waals surface area contributed by atoms with E-state index in [1.807, 2.05) is 0 Å². The molecule has 1 aromatic heterocycles. The number of aryl methyl sites for hydroxylation is 1. The molecule has 14 heavy (non-hydrogen) atoms. The summed E-state index contributed by atoms with van der Waals surface area (Å²) < 4.78 is 3.46. The van der Waals surface area contributed by atoms with Crippen molar-refractivity contribution in [2.45, 2.75) is 26.8 Å². The number of hydrogen-bond donors (Lipinski definition) is 0. The van der Waals surface area contributed by atoms with Crippen LogP contribution in [0.25, 0.3) is 10.9 Å². The van der Waals surface area contributed by atoms with Crippen molar-refractivity contribution in [2.75, 3.05) is 0 Å². The molecule has 74 valence electrons. The summed E-state index contributed by atoms with van der Waals surface area (Å²) in [6, 6.07) is 6.97. The average Bonchev–Trinajstić information content (AvgIpc) is 2.43. The van der Waals surface area contributed by atoms with Gasteiger partial charge in [-0.3, -0.25) is 0 Å². The summed E-state index contributed by atoms with van der Waals surface area (Å²) in [5.74, 6) is 0. The molecule has 1 aromatic carbocycles. The third kappa shape index (κ3) is 1.48. The summed E-state index contributed by atoms with van der Waals surface area (Å²) in [7, 11) is 0. The van der Waals surface area contributed by atoms with Crippen LogP contribution in [0.4, 0.5) is 0 Å². The molecular weight excluding hydrogens is 238 g/mol. The molecule has 0 atom stereocenters. The van der Waals surface area contributed by atoms with Gasteiger partial charge in [0.25, 0.3) is 0 Å². The van der Waals surface area contributed by atoms with E-state index in [1.165, 1.54) is 16.5 Å². The summed E-state index contributed by atoms with van der Waals surface area (Å²) >= 11 is 3.51. The molecule has 0 saturated carbocycles. The monoisotopic (exact) mass is 251 g/mol. The molecule has 2 heteroatoms. The van der Waals surface area contributed by atoms with Gasteiger partial charge in [-0.25, -0.2) is 0 Å². The molecule has 1 heterocycles. The SMILES string of the molecule is Cc1cn(C(C)C)c2cc(Br)ccc12. The molecule has 0 saturated heterocycles. The quantitative estimate of drug-likeness (QED) is 0.713. The Labute approximate surface area is 92.9 Å². The van der Waals surface area contributed by atoms with Crippen LogP contribution >= 0.6 is 15.9 Å². The van der Waals surface area contributed by atoms with Crippen LogP contribution in [-0.2, 0) is 0 Å². The molecule has 0 amide bonds. The van der Waals surface area contributed by atoms with E-state index in [1.54, 1.807) is 0 Å². The van der Waals surface area contributed by atoms with Gasteiger partial charge in [0.15, 0.2) is 0 Å². The summed E-state index contributed by atoms with van der Waals surface area (Å²) in [5, 5.41) is 1.35. The highest BCUT2D eigenvalue weighted by molar-refractivity contribution is 9.10. The van der Waals surface area contributed by atoms with Crippen LogP contribution in [0.15, 0.2) is 28.9 Å². The maximum atomic E-state index is 3.51. The Kier molecular flexibility index (Phi) is 2.40. The molecule has 0 aliphatic heterocycles. The van der Waals surface area contributed by atoms with Gasteiger partial charge in [0, 0.05) is 27.6 Å². The van der Waals surface area contributed by atoms with Crippen molar-refractivity contribution in [1.29, 1.82) is 0 Å². The van der Waals surface area contributed by atoms with Crippen molar-refractivity contribution in [2.24, 2.45) is 0 Å². The Morgan fingerprint density at radius 3 is 2.64 bits per heavy atom. The van der Waals surface area contributed by atoms with Gasteiger partial charge in [-0.2, -0.15) is 0 Å². The number of nitrogens with zero attached hydrogens (tertiary/aromatic N) is 1. The molecule has 0 spiro atoms. The lowest BCUT2D eigenvalue weighted by Gasteiger charge is -2.08. The Hall–Kier alpha value is -0.760.